The van der Waals surface area contributed by atoms with E-state index in [1.54, 1.807) is 0 Å². The van der Waals surface area contributed by atoms with E-state index in [9.17, 15) is 28.1 Å². The number of nitrogens with zero attached hydrogens (tertiary/aromatic N) is 3. The lowest BCUT2D eigenvalue weighted by molar-refractivity contribution is -0.383. The molecule has 1 aliphatic rings. The zero-order valence-electron chi connectivity index (χ0n) is 14.5. The van der Waals surface area contributed by atoms with Gasteiger partial charge in [0, 0.05) is 26.6 Å². The van der Waals surface area contributed by atoms with Crippen LogP contribution in [0.15, 0.2) is 6.20 Å². The number of nitrogens with one attached hydrogen (secondary N) is 1. The highest BCUT2D eigenvalue weighted by Gasteiger charge is 2.38. The third-order valence-electron chi connectivity index (χ3n) is 3.68. The molecule has 1 aromatic rings. The fourth-order valence-electron chi connectivity index (χ4n) is 2.45. The maximum atomic E-state index is 11.2. The van der Waals surface area contributed by atoms with Gasteiger partial charge in [-0.05, 0) is 12.3 Å². The Labute approximate surface area is 161 Å². The highest BCUT2D eigenvalue weighted by Crippen LogP contribution is 2.40. The standard InChI is InChI=1S/C12H16ClN5O3.C2HF3O2/c1-7(19)15-4-8-2-3-17(6-8)10-9(13)5-16-12(14)11(10)18(20)21;3-2(4,5)1(6)7/h5,8H,2-4,6H2,1H3,(H2,14,16)(H,15,19);(H,6,7)/t8-;/m0./s1. The molecule has 1 fully saturated rings. The number of nitrogens with two attached hydrogens (primary N) is 1. The van der Waals surface area contributed by atoms with Crippen molar-refractivity contribution in [2.45, 2.75) is 19.5 Å². The molecule has 0 saturated carbocycles. The van der Waals surface area contributed by atoms with Crippen LogP contribution in [0.1, 0.15) is 13.3 Å². The number of aliphatic carboxylic acids is 1. The number of carbonyl (C=O) groups excluding carboxylic acids is 1. The molecule has 2 rings (SSSR count). The Morgan fingerprint density at radius 3 is 2.57 bits per heavy atom. The van der Waals surface area contributed by atoms with E-state index in [0.29, 0.717) is 25.3 Å². The average Bonchev–Trinajstić information content (AvgIpc) is 3.02. The molecule has 1 aliphatic heterocycles. The van der Waals surface area contributed by atoms with E-state index in [0.717, 1.165) is 6.42 Å². The molecule has 14 heteroatoms. The summed E-state index contributed by atoms with van der Waals surface area (Å²) in [6.07, 6.45) is -2.95. The first-order valence-corrected chi connectivity index (χ1v) is 8.10. The monoisotopic (exact) mass is 427 g/mol. The summed E-state index contributed by atoms with van der Waals surface area (Å²) in [7, 11) is 0. The van der Waals surface area contributed by atoms with Crippen LogP contribution in [0.25, 0.3) is 0 Å². The molecule has 1 saturated heterocycles. The predicted octanol–water partition coefficient (Wildman–Crippen LogP) is 1.82. The molecule has 1 aromatic heterocycles. The van der Waals surface area contributed by atoms with Gasteiger partial charge in [-0.3, -0.25) is 14.9 Å². The van der Waals surface area contributed by atoms with Crippen molar-refractivity contribution in [3.8, 4) is 0 Å². The summed E-state index contributed by atoms with van der Waals surface area (Å²) in [5, 5.41) is 21.3. The number of nitrogen functional groups attached to an aromatic ring is 1. The average molecular weight is 428 g/mol. The fourth-order valence-corrected chi connectivity index (χ4v) is 2.71. The van der Waals surface area contributed by atoms with Crippen LogP contribution in [0.2, 0.25) is 5.02 Å². The number of carboxylic acid groups (broad SMARTS) is 1. The van der Waals surface area contributed by atoms with Gasteiger partial charge in [0.2, 0.25) is 11.7 Å². The number of rotatable bonds is 4. The number of pyridine rings is 1. The van der Waals surface area contributed by atoms with Gasteiger partial charge in [-0.2, -0.15) is 13.2 Å². The number of hydrogen-bond acceptors (Lipinski definition) is 7. The molecule has 0 bridgehead atoms. The summed E-state index contributed by atoms with van der Waals surface area (Å²) in [6, 6.07) is 0. The number of carbonyl (C=O) groups is 2. The molecular formula is C14H17ClF3N5O5. The minimum absolute atomic E-state index is 0.0920. The summed E-state index contributed by atoms with van der Waals surface area (Å²) in [5.41, 5.74) is 5.64. The minimum Gasteiger partial charge on any atom is -0.475 e. The van der Waals surface area contributed by atoms with Crippen molar-refractivity contribution in [1.29, 1.82) is 0 Å². The van der Waals surface area contributed by atoms with E-state index >= 15 is 0 Å². The van der Waals surface area contributed by atoms with Crippen LogP contribution in [-0.4, -0.2) is 52.7 Å². The topological polar surface area (TPSA) is 152 Å². The van der Waals surface area contributed by atoms with Gasteiger partial charge in [0.25, 0.3) is 0 Å². The molecule has 0 aliphatic carbocycles. The quantitative estimate of drug-likeness (QED) is 0.486. The molecule has 28 heavy (non-hydrogen) atoms. The number of amides is 1. The Morgan fingerprint density at radius 1 is 1.54 bits per heavy atom. The highest BCUT2D eigenvalue weighted by atomic mass is 35.5. The van der Waals surface area contributed by atoms with Gasteiger partial charge < -0.3 is 21.1 Å². The highest BCUT2D eigenvalue weighted by molar-refractivity contribution is 6.33. The second-order valence-corrected chi connectivity index (χ2v) is 6.19. The van der Waals surface area contributed by atoms with Crippen molar-refractivity contribution in [2.75, 3.05) is 30.3 Å². The Morgan fingerprint density at radius 2 is 2.11 bits per heavy atom. The van der Waals surface area contributed by atoms with Crippen molar-refractivity contribution in [3.63, 3.8) is 0 Å². The molecule has 1 amide bonds. The van der Waals surface area contributed by atoms with Crippen molar-refractivity contribution < 1.29 is 32.8 Å². The third kappa shape index (κ3) is 6.40. The SMILES string of the molecule is CC(=O)NC[C@@H]1CCN(c2c(Cl)cnc(N)c2[N+](=O)[O-])C1.O=C(O)C(F)(F)F. The number of anilines is 2. The molecule has 156 valence electrons. The summed E-state index contributed by atoms with van der Waals surface area (Å²) in [5.74, 6) is -2.78. The van der Waals surface area contributed by atoms with Crippen LogP contribution in [-0.2, 0) is 9.59 Å². The first-order chi connectivity index (χ1) is 12.8. The van der Waals surface area contributed by atoms with Gasteiger partial charge in [-0.25, -0.2) is 9.78 Å². The number of halogens is 4. The van der Waals surface area contributed by atoms with Crippen LogP contribution in [0, 0.1) is 16.0 Å². The number of nitro groups is 1. The molecule has 0 radical (unpaired) electrons. The van der Waals surface area contributed by atoms with Gasteiger partial charge >= 0.3 is 17.8 Å². The molecule has 10 nitrogen and oxygen atoms in total. The van der Waals surface area contributed by atoms with Crippen molar-refractivity contribution in [2.24, 2.45) is 5.92 Å². The summed E-state index contributed by atoms with van der Waals surface area (Å²) in [4.78, 5) is 36.0. The number of alkyl halides is 3. The first kappa shape index (κ1) is 23.2. The van der Waals surface area contributed by atoms with Gasteiger partial charge in [0.1, 0.15) is 5.69 Å². The molecule has 0 spiro atoms. The first-order valence-electron chi connectivity index (χ1n) is 7.72. The van der Waals surface area contributed by atoms with Crippen LogP contribution in [0.3, 0.4) is 0 Å². The van der Waals surface area contributed by atoms with Gasteiger partial charge in [0.15, 0.2) is 0 Å². The molecule has 2 heterocycles. The summed E-state index contributed by atoms with van der Waals surface area (Å²) in [6.45, 7) is 3.19. The third-order valence-corrected chi connectivity index (χ3v) is 3.95. The fraction of sp³-hybridized carbons (Fsp3) is 0.500. The van der Waals surface area contributed by atoms with Crippen LogP contribution in [0.5, 0.6) is 0 Å². The number of aromatic nitrogens is 1. The second-order valence-electron chi connectivity index (χ2n) is 5.79. The van der Waals surface area contributed by atoms with E-state index < -0.39 is 17.1 Å². The van der Waals surface area contributed by atoms with Crippen LogP contribution >= 0.6 is 11.6 Å². The molecule has 0 aromatic carbocycles. The van der Waals surface area contributed by atoms with Gasteiger partial charge in [-0.1, -0.05) is 11.6 Å². The van der Waals surface area contributed by atoms with E-state index in [2.05, 4.69) is 10.3 Å². The largest absolute Gasteiger partial charge is 0.490 e. The zero-order chi connectivity index (χ0) is 21.6. The lowest BCUT2D eigenvalue weighted by atomic mass is 10.1. The number of carboxylic acids is 1. The van der Waals surface area contributed by atoms with Crippen molar-refractivity contribution in [1.82, 2.24) is 10.3 Å². The molecule has 0 unspecified atom stereocenters. The smallest absolute Gasteiger partial charge is 0.475 e. The lowest BCUT2D eigenvalue weighted by Gasteiger charge is -2.20. The number of hydrogen-bond donors (Lipinski definition) is 3. The second kappa shape index (κ2) is 9.39. The molecular weight excluding hydrogens is 411 g/mol. The minimum atomic E-state index is -5.08. The zero-order valence-corrected chi connectivity index (χ0v) is 15.3. The Kier molecular flexibility index (Phi) is 7.78. The normalized spacial score (nSPS) is 16.2. The Hall–Kier alpha value is -2.83. The molecule has 1 atom stereocenters. The van der Waals surface area contributed by atoms with Gasteiger partial charge in [-0.15, -0.1) is 0 Å². The van der Waals surface area contributed by atoms with E-state index in [1.165, 1.54) is 13.1 Å². The Balaban J connectivity index is 0.000000480. The van der Waals surface area contributed by atoms with Crippen molar-refractivity contribution in [3.05, 3.63) is 21.3 Å². The summed E-state index contributed by atoms with van der Waals surface area (Å²) < 4.78 is 31.7. The maximum Gasteiger partial charge on any atom is 0.490 e. The Bertz CT molecular complexity index is 762. The van der Waals surface area contributed by atoms with Crippen LogP contribution < -0.4 is 16.0 Å². The van der Waals surface area contributed by atoms with E-state index in [-0.39, 0.29) is 28.4 Å². The van der Waals surface area contributed by atoms with Crippen LogP contribution in [0.4, 0.5) is 30.4 Å². The lowest BCUT2D eigenvalue weighted by Crippen LogP contribution is -2.29. The molecule has 4 N–H and O–H groups in total. The van der Waals surface area contributed by atoms with Gasteiger partial charge in [0.05, 0.1) is 16.1 Å². The van der Waals surface area contributed by atoms with Crippen molar-refractivity contribution >= 4 is 40.7 Å². The maximum absolute atomic E-state index is 11.2. The predicted molar refractivity (Wildman–Crippen MR) is 93.0 cm³/mol. The van der Waals surface area contributed by atoms with E-state index in [4.69, 9.17) is 27.2 Å². The van der Waals surface area contributed by atoms with E-state index in [1.807, 2.05) is 4.90 Å². The summed E-state index contributed by atoms with van der Waals surface area (Å²) >= 11 is 6.07.